The lowest BCUT2D eigenvalue weighted by molar-refractivity contribution is -0.136. The fourth-order valence-corrected chi connectivity index (χ4v) is 3.31. The van der Waals surface area contributed by atoms with Gasteiger partial charge in [0.25, 0.3) is 6.47 Å². The predicted molar refractivity (Wildman–Crippen MR) is 56.1 cm³/mol. The average molecular weight is 220 g/mol. The van der Waals surface area contributed by atoms with Crippen LogP contribution in [0.25, 0.3) is 0 Å². The molecular weight excluding hydrogens is 203 g/mol. The smallest absolute Gasteiger partial charge is 0.303 e. The topological polar surface area (TPSA) is 63.6 Å². The Morgan fingerprint density at radius 2 is 2.14 bits per heavy atom. The van der Waals surface area contributed by atoms with Crippen molar-refractivity contribution >= 4 is 20.4 Å². The summed E-state index contributed by atoms with van der Waals surface area (Å²) in [4.78, 5) is 20.3. The molecule has 0 radical (unpaired) electrons. The normalized spacial score (nSPS) is 12.1. The maximum absolute atomic E-state index is 10.4. The fourth-order valence-electron chi connectivity index (χ4n) is 1.14. The Balaban J connectivity index is 3.64. The molecule has 0 bridgehead atoms. The van der Waals surface area contributed by atoms with Gasteiger partial charge < -0.3 is 9.84 Å². The fraction of sp³-hybridized carbons (Fsp3) is 0.778. The lowest BCUT2D eigenvalue weighted by Gasteiger charge is -2.14. The van der Waals surface area contributed by atoms with Crippen LogP contribution in [0.1, 0.15) is 19.8 Å². The molecule has 1 unspecified atom stereocenters. The first-order valence-electron chi connectivity index (χ1n) is 4.70. The Morgan fingerprint density at radius 1 is 1.43 bits per heavy atom. The van der Waals surface area contributed by atoms with Crippen LogP contribution in [-0.4, -0.2) is 42.6 Å². The summed E-state index contributed by atoms with van der Waals surface area (Å²) in [6, 6.07) is 0. The molecule has 0 aromatic rings. The summed E-state index contributed by atoms with van der Waals surface area (Å²) in [7, 11) is -0.270. The second-order valence-electron chi connectivity index (χ2n) is 2.95. The number of ether oxygens (including phenoxy) is 1. The third kappa shape index (κ3) is 7.99. The Hall–Kier alpha value is -0.630. The highest BCUT2D eigenvalue weighted by Crippen LogP contribution is 2.36. The zero-order valence-electron chi connectivity index (χ0n) is 8.44. The van der Waals surface area contributed by atoms with Crippen LogP contribution in [0.15, 0.2) is 0 Å². The van der Waals surface area contributed by atoms with Gasteiger partial charge in [0.15, 0.2) is 0 Å². The minimum Gasteiger partial charge on any atom is -0.481 e. The largest absolute Gasteiger partial charge is 0.481 e. The van der Waals surface area contributed by atoms with E-state index in [1.807, 2.05) is 0 Å². The Labute approximate surface area is 85.4 Å². The maximum Gasteiger partial charge on any atom is 0.303 e. The Bertz CT molecular complexity index is 172. The molecular formula is C9H17O4P. The van der Waals surface area contributed by atoms with Crippen molar-refractivity contribution in [3.8, 4) is 0 Å². The molecule has 5 heteroatoms. The standard InChI is InChI=1S/C9H17O4P/c1-2-5-14(6-3-9(11)12)7-4-13-8-10/h8H,2-7H2,1H3,(H,11,12). The zero-order chi connectivity index (χ0) is 10.8. The third-order valence-electron chi connectivity index (χ3n) is 1.78. The summed E-state index contributed by atoms with van der Waals surface area (Å²) in [6.07, 6.45) is 3.92. The van der Waals surface area contributed by atoms with Gasteiger partial charge in [-0.05, 0) is 12.3 Å². The van der Waals surface area contributed by atoms with Gasteiger partial charge in [-0.25, -0.2) is 0 Å². The van der Waals surface area contributed by atoms with Gasteiger partial charge in [-0.3, -0.25) is 9.59 Å². The van der Waals surface area contributed by atoms with Gasteiger partial charge >= 0.3 is 5.97 Å². The van der Waals surface area contributed by atoms with E-state index in [-0.39, 0.29) is 14.3 Å². The molecule has 0 fully saturated rings. The molecule has 0 aliphatic rings. The second kappa shape index (κ2) is 8.95. The van der Waals surface area contributed by atoms with Crippen LogP contribution in [0.2, 0.25) is 0 Å². The van der Waals surface area contributed by atoms with E-state index in [9.17, 15) is 9.59 Å². The van der Waals surface area contributed by atoms with Crippen molar-refractivity contribution in [3.05, 3.63) is 0 Å². The van der Waals surface area contributed by atoms with Crippen LogP contribution < -0.4 is 0 Å². The average Bonchev–Trinajstić information content (AvgIpc) is 2.14. The molecule has 0 aromatic carbocycles. The summed E-state index contributed by atoms with van der Waals surface area (Å²) in [5, 5.41) is 8.53. The SMILES string of the molecule is CCCP(CCOC=O)CCC(=O)O. The van der Waals surface area contributed by atoms with E-state index < -0.39 is 5.97 Å². The van der Waals surface area contributed by atoms with Gasteiger partial charge in [-0.1, -0.05) is 13.3 Å². The maximum atomic E-state index is 10.4. The lowest BCUT2D eigenvalue weighted by Crippen LogP contribution is -2.05. The minimum absolute atomic E-state index is 0.229. The molecule has 0 aliphatic heterocycles. The van der Waals surface area contributed by atoms with Crippen LogP contribution in [0, 0.1) is 0 Å². The van der Waals surface area contributed by atoms with E-state index in [4.69, 9.17) is 5.11 Å². The van der Waals surface area contributed by atoms with E-state index in [1.54, 1.807) is 0 Å². The predicted octanol–water partition coefficient (Wildman–Crippen LogP) is 1.53. The van der Waals surface area contributed by atoms with E-state index in [0.29, 0.717) is 13.1 Å². The first-order chi connectivity index (χ1) is 6.70. The number of hydrogen-bond acceptors (Lipinski definition) is 3. The summed E-state index contributed by atoms with van der Waals surface area (Å²) in [5.41, 5.74) is 0. The van der Waals surface area contributed by atoms with Gasteiger partial charge in [-0.2, -0.15) is 0 Å². The quantitative estimate of drug-likeness (QED) is 0.363. The first kappa shape index (κ1) is 13.4. The van der Waals surface area contributed by atoms with Gasteiger partial charge in [0.1, 0.15) is 0 Å². The van der Waals surface area contributed by atoms with E-state index in [1.165, 1.54) is 0 Å². The van der Waals surface area contributed by atoms with Crippen molar-refractivity contribution < 1.29 is 19.4 Å². The van der Waals surface area contributed by atoms with Gasteiger partial charge in [-0.15, -0.1) is 7.92 Å². The molecule has 0 aliphatic carbocycles. The number of carbonyl (C=O) groups excluding carboxylic acids is 1. The molecule has 0 saturated carbocycles. The van der Waals surface area contributed by atoms with Gasteiger partial charge in [0.05, 0.1) is 6.61 Å². The minimum atomic E-state index is -0.745. The number of carbonyl (C=O) groups is 2. The lowest BCUT2D eigenvalue weighted by atomic mass is 10.5. The van der Waals surface area contributed by atoms with Crippen molar-refractivity contribution in [3.63, 3.8) is 0 Å². The van der Waals surface area contributed by atoms with Crippen LogP contribution in [-0.2, 0) is 14.3 Å². The van der Waals surface area contributed by atoms with Crippen LogP contribution in [0.4, 0.5) is 0 Å². The van der Waals surface area contributed by atoms with Crippen molar-refractivity contribution in [1.82, 2.24) is 0 Å². The van der Waals surface area contributed by atoms with Crippen molar-refractivity contribution in [2.24, 2.45) is 0 Å². The Kier molecular flexibility index (Phi) is 8.54. The number of carboxylic acids is 1. The molecule has 0 saturated heterocycles. The highest BCUT2D eigenvalue weighted by Gasteiger charge is 2.09. The number of hydrogen-bond donors (Lipinski definition) is 1. The number of carboxylic acid groups (broad SMARTS) is 1. The van der Waals surface area contributed by atoms with Crippen LogP contribution in [0.5, 0.6) is 0 Å². The zero-order valence-corrected chi connectivity index (χ0v) is 9.33. The summed E-state index contributed by atoms with van der Waals surface area (Å²) in [5.74, 6) is -0.745. The summed E-state index contributed by atoms with van der Waals surface area (Å²) < 4.78 is 4.61. The molecule has 82 valence electrons. The second-order valence-corrected chi connectivity index (χ2v) is 5.64. The highest BCUT2D eigenvalue weighted by molar-refractivity contribution is 7.57. The third-order valence-corrected chi connectivity index (χ3v) is 4.53. The molecule has 4 nitrogen and oxygen atoms in total. The Morgan fingerprint density at radius 3 is 2.64 bits per heavy atom. The molecule has 14 heavy (non-hydrogen) atoms. The first-order valence-corrected chi connectivity index (χ1v) is 6.59. The van der Waals surface area contributed by atoms with Gasteiger partial charge in [0, 0.05) is 12.6 Å². The molecule has 0 spiro atoms. The van der Waals surface area contributed by atoms with Crippen LogP contribution >= 0.6 is 7.92 Å². The van der Waals surface area contributed by atoms with E-state index >= 15 is 0 Å². The molecule has 1 N–H and O–H groups in total. The van der Waals surface area contributed by atoms with Crippen LogP contribution in [0.3, 0.4) is 0 Å². The molecule has 0 heterocycles. The molecule has 1 atom stereocenters. The van der Waals surface area contributed by atoms with E-state index in [2.05, 4.69) is 11.7 Å². The number of rotatable bonds is 9. The van der Waals surface area contributed by atoms with Crippen molar-refractivity contribution in [2.75, 3.05) is 25.1 Å². The number of aliphatic carboxylic acids is 1. The summed E-state index contributed by atoms with van der Waals surface area (Å²) >= 11 is 0. The highest BCUT2D eigenvalue weighted by atomic mass is 31.1. The molecule has 0 amide bonds. The molecule has 0 aromatic heterocycles. The van der Waals surface area contributed by atoms with Crippen molar-refractivity contribution in [2.45, 2.75) is 19.8 Å². The monoisotopic (exact) mass is 220 g/mol. The van der Waals surface area contributed by atoms with Gasteiger partial charge in [0.2, 0.25) is 0 Å². The molecule has 0 rings (SSSR count). The summed E-state index contributed by atoms with van der Waals surface area (Å²) in [6.45, 7) is 2.95. The van der Waals surface area contributed by atoms with Crippen molar-refractivity contribution in [1.29, 1.82) is 0 Å². The van der Waals surface area contributed by atoms with E-state index in [0.717, 1.165) is 24.9 Å².